The molecule has 0 radical (unpaired) electrons. The molecule has 1 aliphatic rings. The monoisotopic (exact) mass is 262 g/mol. The molecule has 0 atom stereocenters. The maximum Gasteiger partial charge on any atom is 0.148 e. The topological polar surface area (TPSA) is 49.8 Å². The quantitative estimate of drug-likeness (QED) is 0.885. The van der Waals surface area contributed by atoms with Crippen molar-refractivity contribution >= 4 is 5.82 Å². The molecule has 0 unspecified atom stereocenters. The highest BCUT2D eigenvalue weighted by Gasteiger charge is 2.16. The summed E-state index contributed by atoms with van der Waals surface area (Å²) in [5.74, 6) is -0.382. The minimum absolute atomic E-state index is 0.115. The highest BCUT2D eigenvalue weighted by atomic mass is 19.1. The van der Waals surface area contributed by atoms with Gasteiger partial charge in [-0.3, -0.25) is 0 Å². The Morgan fingerprint density at radius 3 is 2.58 bits per heavy atom. The van der Waals surface area contributed by atoms with Crippen LogP contribution in [0.1, 0.15) is 0 Å². The first-order chi connectivity index (χ1) is 9.22. The van der Waals surface area contributed by atoms with Crippen molar-refractivity contribution in [1.82, 2.24) is 15.5 Å². The predicted octanol–water partition coefficient (Wildman–Crippen LogP) is 1.81. The Kier molecular flexibility index (Phi) is 3.08. The lowest BCUT2D eigenvalue weighted by molar-refractivity contribution is 0.470. The van der Waals surface area contributed by atoms with Gasteiger partial charge in [0.15, 0.2) is 0 Å². The van der Waals surface area contributed by atoms with Gasteiger partial charge in [-0.15, -0.1) is 10.2 Å². The standard InChI is InChI=1S/C13H12F2N4/c14-8-1-2-11(15)10(5-8)12-3-4-13(19-18-12)17-9-6-16-7-9/h1-5,9,16H,6-7H2,(H,17,19). The van der Waals surface area contributed by atoms with E-state index in [4.69, 9.17) is 0 Å². The fourth-order valence-electron chi connectivity index (χ4n) is 1.85. The summed E-state index contributed by atoms with van der Waals surface area (Å²) in [6, 6.07) is 6.96. The minimum Gasteiger partial charge on any atom is -0.363 e. The normalized spacial score (nSPS) is 15.1. The van der Waals surface area contributed by atoms with Crippen LogP contribution in [0.15, 0.2) is 30.3 Å². The van der Waals surface area contributed by atoms with Gasteiger partial charge in [0.25, 0.3) is 0 Å². The van der Waals surface area contributed by atoms with E-state index in [1.54, 1.807) is 12.1 Å². The molecule has 0 bridgehead atoms. The highest BCUT2D eigenvalue weighted by Crippen LogP contribution is 2.22. The van der Waals surface area contributed by atoms with Crippen LogP contribution in [0.3, 0.4) is 0 Å². The second-order valence-corrected chi connectivity index (χ2v) is 4.43. The van der Waals surface area contributed by atoms with Gasteiger partial charge in [-0.1, -0.05) is 0 Å². The third-order valence-electron chi connectivity index (χ3n) is 3.00. The summed E-state index contributed by atoms with van der Waals surface area (Å²) >= 11 is 0. The summed E-state index contributed by atoms with van der Waals surface area (Å²) in [6.45, 7) is 1.78. The molecule has 4 nitrogen and oxygen atoms in total. The molecule has 98 valence electrons. The lowest BCUT2D eigenvalue weighted by atomic mass is 10.1. The van der Waals surface area contributed by atoms with Crippen molar-refractivity contribution in [1.29, 1.82) is 0 Å². The van der Waals surface area contributed by atoms with Crippen LogP contribution in [0.2, 0.25) is 0 Å². The van der Waals surface area contributed by atoms with Crippen molar-refractivity contribution in [3.8, 4) is 11.3 Å². The molecule has 3 rings (SSSR count). The van der Waals surface area contributed by atoms with E-state index in [0.29, 0.717) is 17.6 Å². The zero-order valence-electron chi connectivity index (χ0n) is 10.0. The fraction of sp³-hybridized carbons (Fsp3) is 0.231. The van der Waals surface area contributed by atoms with Gasteiger partial charge in [-0.25, -0.2) is 8.78 Å². The zero-order chi connectivity index (χ0) is 13.2. The number of hydrogen-bond donors (Lipinski definition) is 2. The molecule has 1 aliphatic heterocycles. The first-order valence-electron chi connectivity index (χ1n) is 5.99. The number of anilines is 1. The van der Waals surface area contributed by atoms with Gasteiger partial charge >= 0.3 is 0 Å². The Morgan fingerprint density at radius 1 is 1.11 bits per heavy atom. The van der Waals surface area contributed by atoms with E-state index in [-0.39, 0.29) is 5.56 Å². The summed E-state index contributed by atoms with van der Waals surface area (Å²) in [5.41, 5.74) is 0.429. The van der Waals surface area contributed by atoms with E-state index in [2.05, 4.69) is 20.8 Å². The summed E-state index contributed by atoms with van der Waals surface area (Å²) in [4.78, 5) is 0. The van der Waals surface area contributed by atoms with Gasteiger partial charge in [-0.2, -0.15) is 0 Å². The summed E-state index contributed by atoms with van der Waals surface area (Å²) in [7, 11) is 0. The van der Waals surface area contributed by atoms with Crippen LogP contribution in [0.4, 0.5) is 14.6 Å². The van der Waals surface area contributed by atoms with Crippen LogP contribution in [-0.4, -0.2) is 29.3 Å². The van der Waals surface area contributed by atoms with Gasteiger partial charge in [0.05, 0.1) is 11.7 Å². The molecule has 0 aliphatic carbocycles. The molecule has 0 saturated carbocycles. The third-order valence-corrected chi connectivity index (χ3v) is 3.00. The van der Waals surface area contributed by atoms with Gasteiger partial charge < -0.3 is 10.6 Å². The fourth-order valence-corrected chi connectivity index (χ4v) is 1.85. The van der Waals surface area contributed by atoms with Gasteiger partial charge in [0.2, 0.25) is 0 Å². The smallest absolute Gasteiger partial charge is 0.148 e. The molecule has 2 heterocycles. The summed E-state index contributed by atoms with van der Waals surface area (Å²) in [6.07, 6.45) is 0. The molecule has 1 aromatic carbocycles. The number of hydrogen-bond acceptors (Lipinski definition) is 4. The first kappa shape index (κ1) is 12.0. The van der Waals surface area contributed by atoms with Crippen LogP contribution >= 0.6 is 0 Å². The molecule has 19 heavy (non-hydrogen) atoms. The minimum atomic E-state index is -0.514. The molecule has 6 heteroatoms. The van der Waals surface area contributed by atoms with Crippen LogP contribution in [0.25, 0.3) is 11.3 Å². The van der Waals surface area contributed by atoms with Gasteiger partial charge in [0, 0.05) is 18.7 Å². The number of nitrogens with zero attached hydrogens (tertiary/aromatic N) is 2. The van der Waals surface area contributed by atoms with E-state index in [9.17, 15) is 8.78 Å². The molecule has 0 amide bonds. The van der Waals surface area contributed by atoms with Crippen LogP contribution in [-0.2, 0) is 0 Å². The zero-order valence-corrected chi connectivity index (χ0v) is 10.0. The lowest BCUT2D eigenvalue weighted by Gasteiger charge is -2.28. The largest absolute Gasteiger partial charge is 0.363 e. The molecule has 1 saturated heterocycles. The Morgan fingerprint density at radius 2 is 1.95 bits per heavy atom. The maximum absolute atomic E-state index is 13.6. The molecule has 1 fully saturated rings. The van der Waals surface area contributed by atoms with Crippen molar-refractivity contribution in [3.05, 3.63) is 42.0 Å². The molecular weight excluding hydrogens is 250 g/mol. The highest BCUT2D eigenvalue weighted by molar-refractivity contribution is 5.60. The first-order valence-corrected chi connectivity index (χ1v) is 5.99. The van der Waals surface area contributed by atoms with E-state index in [1.807, 2.05) is 0 Å². The van der Waals surface area contributed by atoms with Crippen molar-refractivity contribution in [2.24, 2.45) is 0 Å². The second-order valence-electron chi connectivity index (χ2n) is 4.43. The number of rotatable bonds is 3. The van der Waals surface area contributed by atoms with Crippen molar-refractivity contribution < 1.29 is 8.78 Å². The Balaban J connectivity index is 1.83. The maximum atomic E-state index is 13.6. The van der Waals surface area contributed by atoms with Crippen molar-refractivity contribution in [3.63, 3.8) is 0 Å². The molecule has 2 N–H and O–H groups in total. The number of benzene rings is 1. The van der Waals surface area contributed by atoms with Crippen molar-refractivity contribution in [2.45, 2.75) is 6.04 Å². The molecule has 2 aromatic rings. The van der Waals surface area contributed by atoms with E-state index in [1.165, 1.54) is 0 Å². The van der Waals surface area contributed by atoms with Crippen LogP contribution in [0.5, 0.6) is 0 Å². The van der Waals surface area contributed by atoms with Crippen LogP contribution < -0.4 is 10.6 Å². The van der Waals surface area contributed by atoms with E-state index in [0.717, 1.165) is 31.3 Å². The summed E-state index contributed by atoms with van der Waals surface area (Å²) < 4.78 is 26.7. The molecule has 0 spiro atoms. The van der Waals surface area contributed by atoms with E-state index >= 15 is 0 Å². The summed E-state index contributed by atoms with van der Waals surface area (Å²) in [5, 5.41) is 14.2. The van der Waals surface area contributed by atoms with Gasteiger partial charge in [-0.05, 0) is 30.3 Å². The Labute approximate surface area is 108 Å². The SMILES string of the molecule is Fc1ccc(F)c(-c2ccc(NC3CNC3)nn2)c1. The Bertz CT molecular complexity index is 582. The average Bonchev–Trinajstić information content (AvgIpc) is 2.38. The second kappa shape index (κ2) is 4.89. The number of aromatic nitrogens is 2. The molecule has 1 aromatic heterocycles. The lowest BCUT2D eigenvalue weighted by Crippen LogP contribution is -2.51. The van der Waals surface area contributed by atoms with Gasteiger partial charge in [0.1, 0.15) is 17.5 Å². The number of halogens is 2. The molecular formula is C13H12F2N4. The Hall–Kier alpha value is -2.08. The van der Waals surface area contributed by atoms with Crippen molar-refractivity contribution in [2.75, 3.05) is 18.4 Å². The third kappa shape index (κ3) is 2.53. The van der Waals surface area contributed by atoms with Crippen LogP contribution in [0, 0.1) is 11.6 Å². The predicted molar refractivity (Wildman–Crippen MR) is 67.7 cm³/mol. The average molecular weight is 262 g/mol. The van der Waals surface area contributed by atoms with E-state index < -0.39 is 11.6 Å². The number of nitrogens with one attached hydrogen (secondary N) is 2.